The third-order valence-corrected chi connectivity index (χ3v) is 9.74. The molecule has 3 aromatic rings. The van der Waals surface area contributed by atoms with Crippen LogP contribution in [-0.2, 0) is 26.3 Å². The third-order valence-electron chi connectivity index (χ3n) is 6.39. The quantitative estimate of drug-likeness (QED) is 0.464. The zero-order valence-corrected chi connectivity index (χ0v) is 22.4. The summed E-state index contributed by atoms with van der Waals surface area (Å²) >= 11 is 5.64. The lowest BCUT2D eigenvalue weighted by molar-refractivity contribution is -0.123. The fourth-order valence-electron chi connectivity index (χ4n) is 4.68. The minimum absolute atomic E-state index is 0.169. The highest BCUT2D eigenvalue weighted by molar-refractivity contribution is 9.10. The highest BCUT2D eigenvalue weighted by atomic mass is 79.9. The summed E-state index contributed by atoms with van der Waals surface area (Å²) < 4.78 is 2.27. The Bertz CT molecular complexity index is 1430. The Morgan fingerprint density at radius 1 is 1.09 bits per heavy atom. The molecular formula is C25H22BrN3O4S2. The molecule has 0 saturated carbocycles. The minimum Gasteiger partial charge on any atom is -0.325 e. The molecule has 1 N–H and O–H groups in total. The molecule has 5 rings (SSSR count). The third kappa shape index (κ3) is 4.07. The number of benzene rings is 2. The van der Waals surface area contributed by atoms with E-state index in [0.29, 0.717) is 16.4 Å². The maximum Gasteiger partial charge on any atom is 0.308 e. The molecule has 0 radical (unpaired) electrons. The first-order valence-electron chi connectivity index (χ1n) is 11.0. The van der Waals surface area contributed by atoms with E-state index < -0.39 is 16.6 Å². The molecule has 7 nitrogen and oxygen atoms in total. The lowest BCUT2D eigenvalue weighted by Gasteiger charge is -2.36. The number of imide groups is 1. The summed E-state index contributed by atoms with van der Waals surface area (Å²) in [5.74, 6) is -1.51. The predicted molar refractivity (Wildman–Crippen MR) is 141 cm³/mol. The van der Waals surface area contributed by atoms with Crippen molar-refractivity contribution in [3.63, 3.8) is 0 Å². The first-order chi connectivity index (χ1) is 16.6. The van der Waals surface area contributed by atoms with Gasteiger partial charge in [-0.3, -0.25) is 23.7 Å². The van der Waals surface area contributed by atoms with E-state index in [9.17, 15) is 19.2 Å². The van der Waals surface area contributed by atoms with Crippen LogP contribution in [0, 0.1) is 12.8 Å². The molecule has 2 aromatic carbocycles. The zero-order chi connectivity index (χ0) is 25.1. The van der Waals surface area contributed by atoms with Gasteiger partial charge >= 0.3 is 4.87 Å². The van der Waals surface area contributed by atoms with Crippen LogP contribution in [0.15, 0.2) is 62.8 Å². The van der Waals surface area contributed by atoms with Crippen LogP contribution in [0.5, 0.6) is 0 Å². The summed E-state index contributed by atoms with van der Waals surface area (Å²) in [6.45, 7) is 5.55. The first kappa shape index (κ1) is 24.0. The van der Waals surface area contributed by atoms with E-state index in [1.54, 1.807) is 30.3 Å². The lowest BCUT2D eigenvalue weighted by atomic mass is 9.76. The molecule has 0 aliphatic carbocycles. The Morgan fingerprint density at radius 2 is 1.80 bits per heavy atom. The van der Waals surface area contributed by atoms with Crippen molar-refractivity contribution < 1.29 is 14.4 Å². The van der Waals surface area contributed by atoms with Crippen molar-refractivity contribution >= 4 is 68.1 Å². The molecule has 1 fully saturated rings. The van der Waals surface area contributed by atoms with Crippen LogP contribution in [0.3, 0.4) is 0 Å². The number of carbonyl (C=O) groups is 3. The largest absolute Gasteiger partial charge is 0.325 e. The Hall–Kier alpha value is -2.69. The van der Waals surface area contributed by atoms with E-state index in [0.717, 1.165) is 26.3 Å². The second-order valence-corrected chi connectivity index (χ2v) is 12.2. The molecule has 0 unspecified atom stereocenters. The van der Waals surface area contributed by atoms with E-state index in [4.69, 9.17) is 0 Å². The zero-order valence-electron chi connectivity index (χ0n) is 19.2. The number of hydrogen-bond acceptors (Lipinski definition) is 6. The van der Waals surface area contributed by atoms with Gasteiger partial charge in [0.2, 0.25) is 17.7 Å². The molecule has 35 heavy (non-hydrogen) atoms. The van der Waals surface area contributed by atoms with Crippen LogP contribution in [0.2, 0.25) is 0 Å². The molecule has 0 bridgehead atoms. The topological polar surface area (TPSA) is 88.5 Å². The van der Waals surface area contributed by atoms with Gasteiger partial charge in [-0.05, 0) is 48.9 Å². The predicted octanol–water partition coefficient (Wildman–Crippen LogP) is 4.56. The molecule has 2 atom stereocenters. The number of amides is 3. The van der Waals surface area contributed by atoms with Crippen molar-refractivity contribution in [2.45, 2.75) is 43.0 Å². The second-order valence-electron chi connectivity index (χ2n) is 9.23. The summed E-state index contributed by atoms with van der Waals surface area (Å²) in [6, 6.07) is 14.5. The number of nitrogens with one attached hydrogen (secondary N) is 1. The number of aromatic nitrogens is 1. The summed E-state index contributed by atoms with van der Waals surface area (Å²) in [6.07, 6.45) is 0. The standard InChI is InChI=1S/C25H22BrN3O4S2/c1-13-5-4-6-15(11-13)27-17(30)12-28-23-20(35-24(28)33)25(2,3)18-19(34-23)22(32)29(21(18)31)16-9-7-14(26)8-10-16/h4-11,18-19H,12H2,1-3H3,(H,27,30)/t18-,19+/m1/s1. The molecule has 10 heteroatoms. The van der Waals surface area contributed by atoms with Crippen molar-refractivity contribution in [2.24, 2.45) is 5.92 Å². The Balaban J connectivity index is 1.47. The van der Waals surface area contributed by atoms with Crippen molar-refractivity contribution in [2.75, 3.05) is 10.2 Å². The van der Waals surface area contributed by atoms with Crippen LogP contribution in [0.25, 0.3) is 0 Å². The van der Waals surface area contributed by atoms with Gasteiger partial charge in [-0.15, -0.1) is 0 Å². The fourth-order valence-corrected chi connectivity index (χ4v) is 7.98. The number of nitrogens with zero attached hydrogens (tertiary/aromatic N) is 2. The van der Waals surface area contributed by atoms with Gasteiger partial charge in [-0.2, -0.15) is 0 Å². The van der Waals surface area contributed by atoms with Crippen LogP contribution in [-0.4, -0.2) is 27.5 Å². The molecule has 3 heterocycles. The van der Waals surface area contributed by atoms with Crippen molar-refractivity contribution in [3.05, 3.63) is 73.1 Å². The highest BCUT2D eigenvalue weighted by Crippen LogP contribution is 2.54. The maximum absolute atomic E-state index is 13.5. The van der Waals surface area contributed by atoms with Gasteiger partial charge in [-0.1, -0.05) is 65.0 Å². The van der Waals surface area contributed by atoms with Gasteiger partial charge in [0.25, 0.3) is 0 Å². The van der Waals surface area contributed by atoms with Gasteiger partial charge in [0.05, 0.1) is 16.6 Å². The Morgan fingerprint density at radius 3 is 2.49 bits per heavy atom. The average Bonchev–Trinajstić information content (AvgIpc) is 3.24. The molecule has 0 spiro atoms. The minimum atomic E-state index is -0.746. The van der Waals surface area contributed by atoms with Crippen LogP contribution < -0.4 is 15.1 Å². The fraction of sp³-hybridized carbons (Fsp3) is 0.280. The number of thiazole rings is 1. The molecule has 2 aliphatic heterocycles. The first-order valence-corrected chi connectivity index (χ1v) is 13.5. The number of carbonyl (C=O) groups excluding carboxylic acids is 3. The highest BCUT2D eigenvalue weighted by Gasteiger charge is 2.59. The summed E-state index contributed by atoms with van der Waals surface area (Å²) in [4.78, 5) is 54.4. The van der Waals surface area contributed by atoms with E-state index in [1.807, 2.05) is 39.0 Å². The Kier molecular flexibility index (Phi) is 6.01. The summed E-state index contributed by atoms with van der Waals surface area (Å²) in [7, 11) is 0. The van der Waals surface area contributed by atoms with E-state index in [2.05, 4.69) is 21.2 Å². The number of fused-ring (bicyclic) bond motifs is 2. The molecule has 1 saturated heterocycles. The summed E-state index contributed by atoms with van der Waals surface area (Å²) in [5.41, 5.74) is 1.44. The number of aryl methyl sites for hydroxylation is 1. The van der Waals surface area contributed by atoms with Crippen molar-refractivity contribution in [1.29, 1.82) is 0 Å². The summed E-state index contributed by atoms with van der Waals surface area (Å²) in [5, 5.41) is 2.75. The number of anilines is 2. The van der Waals surface area contributed by atoms with Gasteiger partial charge in [-0.25, -0.2) is 4.90 Å². The number of thioether (sulfide) groups is 1. The van der Waals surface area contributed by atoms with E-state index >= 15 is 0 Å². The number of hydrogen-bond donors (Lipinski definition) is 1. The normalized spacial score (nSPS) is 20.5. The molecular weight excluding hydrogens is 550 g/mol. The second kappa shape index (κ2) is 8.76. The van der Waals surface area contributed by atoms with Gasteiger partial charge in [0.1, 0.15) is 11.8 Å². The Labute approximate surface area is 218 Å². The van der Waals surface area contributed by atoms with Crippen LogP contribution in [0.4, 0.5) is 11.4 Å². The maximum atomic E-state index is 13.5. The SMILES string of the molecule is Cc1cccc(NC(=O)Cn2c3c(sc2=O)C(C)(C)[C@H]2C(=O)N(c4ccc(Br)cc4)C(=O)[C@H]2S3)c1. The van der Waals surface area contributed by atoms with E-state index in [1.165, 1.54) is 21.2 Å². The average molecular weight is 573 g/mol. The molecule has 3 amide bonds. The van der Waals surface area contributed by atoms with Gasteiger partial charge < -0.3 is 5.32 Å². The number of halogens is 1. The van der Waals surface area contributed by atoms with Crippen molar-refractivity contribution in [1.82, 2.24) is 4.57 Å². The molecule has 180 valence electrons. The lowest BCUT2D eigenvalue weighted by Crippen LogP contribution is -2.41. The van der Waals surface area contributed by atoms with Crippen molar-refractivity contribution in [3.8, 4) is 0 Å². The monoisotopic (exact) mass is 571 g/mol. The molecule has 1 aromatic heterocycles. The van der Waals surface area contributed by atoms with Crippen LogP contribution in [0.1, 0.15) is 24.3 Å². The van der Waals surface area contributed by atoms with Gasteiger partial charge in [0, 0.05) is 20.5 Å². The van der Waals surface area contributed by atoms with Crippen LogP contribution >= 0.6 is 39.0 Å². The van der Waals surface area contributed by atoms with E-state index in [-0.39, 0.29) is 29.1 Å². The van der Waals surface area contributed by atoms with Gasteiger partial charge in [0.15, 0.2) is 0 Å². The molecule has 2 aliphatic rings. The number of rotatable bonds is 4. The smallest absolute Gasteiger partial charge is 0.308 e.